The molecule has 1 aliphatic heterocycles. The molecule has 2 N–H and O–H groups in total. The average Bonchev–Trinajstić information content (AvgIpc) is 3.07. The van der Waals surface area contributed by atoms with Crippen molar-refractivity contribution in [1.29, 1.82) is 0 Å². The zero-order chi connectivity index (χ0) is 18.2. The molecule has 1 atom stereocenters. The normalized spacial score (nSPS) is 15.6. The predicted molar refractivity (Wildman–Crippen MR) is 112 cm³/mol. The second-order valence-corrected chi connectivity index (χ2v) is 7.83. The van der Waals surface area contributed by atoms with E-state index in [1.54, 1.807) is 0 Å². The number of amidine groups is 1. The number of hydrogen-bond donors (Lipinski definition) is 1. The molecule has 0 amide bonds. The molecule has 1 aliphatic rings. The summed E-state index contributed by atoms with van der Waals surface area (Å²) in [6.07, 6.45) is 19.4. The van der Waals surface area contributed by atoms with Crippen LogP contribution in [0.25, 0.3) is 0 Å². The van der Waals surface area contributed by atoms with Crippen LogP contribution in [0, 0.1) is 5.92 Å². The monoisotopic (exact) mass is 351 g/mol. The smallest absolute Gasteiger partial charge is 0.102 e. The van der Waals surface area contributed by atoms with Crippen LogP contribution >= 0.6 is 0 Å². The van der Waals surface area contributed by atoms with Crippen molar-refractivity contribution in [2.24, 2.45) is 16.6 Å². The summed E-state index contributed by atoms with van der Waals surface area (Å²) in [4.78, 5) is 7.35. The maximum absolute atomic E-state index is 5.81. The lowest BCUT2D eigenvalue weighted by Gasteiger charge is -2.26. The van der Waals surface area contributed by atoms with Crippen molar-refractivity contribution in [3.05, 3.63) is 0 Å². The van der Waals surface area contributed by atoms with E-state index < -0.39 is 0 Å². The largest absolute Gasteiger partial charge is 0.357 e. The highest BCUT2D eigenvalue weighted by Crippen LogP contribution is 2.24. The molecule has 0 saturated carbocycles. The Labute approximate surface area is 157 Å². The highest BCUT2D eigenvalue weighted by molar-refractivity contribution is 5.86. The van der Waals surface area contributed by atoms with Gasteiger partial charge in [0.25, 0.3) is 0 Å². The van der Waals surface area contributed by atoms with Gasteiger partial charge >= 0.3 is 0 Å². The fraction of sp³-hybridized carbons (Fsp3) is 0.955. The molecule has 25 heavy (non-hydrogen) atoms. The van der Waals surface area contributed by atoms with Crippen molar-refractivity contribution < 1.29 is 0 Å². The first-order valence-corrected chi connectivity index (χ1v) is 11.3. The number of hydrogen-bond acceptors (Lipinski definition) is 3. The predicted octanol–water partition coefficient (Wildman–Crippen LogP) is 5.78. The van der Waals surface area contributed by atoms with Crippen LogP contribution in [0.15, 0.2) is 4.99 Å². The van der Waals surface area contributed by atoms with E-state index in [1.807, 2.05) is 0 Å². The van der Waals surface area contributed by atoms with Crippen LogP contribution in [0.5, 0.6) is 0 Å². The van der Waals surface area contributed by atoms with Gasteiger partial charge in [0, 0.05) is 25.6 Å². The molecular weight excluding hydrogens is 306 g/mol. The molecule has 0 fully saturated rings. The lowest BCUT2D eigenvalue weighted by molar-refractivity contribution is 0.408. The quantitative estimate of drug-likeness (QED) is 0.338. The topological polar surface area (TPSA) is 41.6 Å². The number of rotatable bonds is 17. The maximum atomic E-state index is 5.81. The van der Waals surface area contributed by atoms with Crippen LogP contribution in [0.4, 0.5) is 0 Å². The first kappa shape index (κ1) is 22.5. The first-order valence-electron chi connectivity index (χ1n) is 11.3. The van der Waals surface area contributed by atoms with E-state index in [4.69, 9.17) is 10.7 Å². The number of nitrogens with zero attached hydrogens (tertiary/aromatic N) is 2. The van der Waals surface area contributed by atoms with Gasteiger partial charge in [-0.15, -0.1) is 0 Å². The van der Waals surface area contributed by atoms with E-state index in [9.17, 15) is 0 Å². The minimum atomic E-state index is 0.686. The van der Waals surface area contributed by atoms with Gasteiger partial charge in [0.1, 0.15) is 5.84 Å². The highest BCUT2D eigenvalue weighted by atomic mass is 15.2. The second-order valence-electron chi connectivity index (χ2n) is 7.83. The Morgan fingerprint density at radius 3 is 1.88 bits per heavy atom. The number of unbranched alkanes of at least 4 members (excludes halogenated alkanes) is 10. The van der Waals surface area contributed by atoms with E-state index in [2.05, 4.69) is 18.7 Å². The second kappa shape index (κ2) is 15.7. The minimum Gasteiger partial charge on any atom is -0.357 e. The fourth-order valence-electron chi connectivity index (χ4n) is 4.01. The van der Waals surface area contributed by atoms with E-state index in [0.717, 1.165) is 26.2 Å². The Morgan fingerprint density at radius 2 is 1.36 bits per heavy atom. The van der Waals surface area contributed by atoms with E-state index >= 15 is 0 Å². The van der Waals surface area contributed by atoms with Gasteiger partial charge in [0.05, 0.1) is 6.54 Å². The molecule has 1 heterocycles. The third kappa shape index (κ3) is 10.2. The summed E-state index contributed by atoms with van der Waals surface area (Å²) in [6.45, 7) is 8.40. The molecule has 3 heteroatoms. The molecular formula is C22H45N3. The molecule has 3 nitrogen and oxygen atoms in total. The molecule has 0 spiro atoms. The van der Waals surface area contributed by atoms with E-state index in [1.165, 1.54) is 95.7 Å². The molecule has 0 aromatic rings. The van der Waals surface area contributed by atoms with Crippen LogP contribution in [-0.4, -0.2) is 36.9 Å². The Balaban J connectivity index is 2.34. The standard InChI is InChI=1S/C22H45N3/c1-3-5-7-9-10-12-14-16-21(15-13-11-8-6-4-2)22-24-18-20-25(22)19-17-23/h21H,3-20,23H2,1-2H3. The SMILES string of the molecule is CCCCCCCCCC(CCCCCCC)C1=NCCN1CCN. The first-order chi connectivity index (χ1) is 12.3. The summed E-state index contributed by atoms with van der Waals surface area (Å²) in [5.74, 6) is 2.08. The molecule has 148 valence electrons. The Morgan fingerprint density at radius 1 is 0.840 bits per heavy atom. The summed E-state index contributed by atoms with van der Waals surface area (Å²) in [7, 11) is 0. The van der Waals surface area contributed by atoms with Crippen molar-refractivity contribution in [2.45, 2.75) is 104 Å². The van der Waals surface area contributed by atoms with Gasteiger partial charge in [0.15, 0.2) is 0 Å². The summed E-state index contributed by atoms with van der Waals surface area (Å²) in [5.41, 5.74) is 5.81. The maximum Gasteiger partial charge on any atom is 0.102 e. The molecule has 1 rings (SSSR count). The molecule has 0 aromatic carbocycles. The van der Waals surface area contributed by atoms with Crippen LogP contribution in [-0.2, 0) is 0 Å². The van der Waals surface area contributed by atoms with Crippen LogP contribution in [0.3, 0.4) is 0 Å². The zero-order valence-corrected chi connectivity index (χ0v) is 17.3. The highest BCUT2D eigenvalue weighted by Gasteiger charge is 2.24. The van der Waals surface area contributed by atoms with Gasteiger partial charge in [-0.05, 0) is 12.8 Å². The molecule has 0 aromatic heterocycles. The molecule has 0 radical (unpaired) electrons. The number of aliphatic imine (C=N–C) groups is 1. The van der Waals surface area contributed by atoms with Gasteiger partial charge in [-0.3, -0.25) is 4.99 Å². The van der Waals surface area contributed by atoms with Crippen molar-refractivity contribution >= 4 is 5.84 Å². The van der Waals surface area contributed by atoms with Gasteiger partial charge in [-0.1, -0.05) is 90.9 Å². The van der Waals surface area contributed by atoms with Crippen molar-refractivity contribution in [1.82, 2.24) is 4.90 Å². The fourth-order valence-corrected chi connectivity index (χ4v) is 4.01. The molecule has 0 bridgehead atoms. The summed E-state index contributed by atoms with van der Waals surface area (Å²) >= 11 is 0. The zero-order valence-electron chi connectivity index (χ0n) is 17.3. The minimum absolute atomic E-state index is 0.686. The Hall–Kier alpha value is -0.570. The lowest BCUT2D eigenvalue weighted by Crippen LogP contribution is -2.37. The Bertz CT molecular complexity index is 327. The lowest BCUT2D eigenvalue weighted by atomic mass is 9.92. The van der Waals surface area contributed by atoms with E-state index in [-0.39, 0.29) is 0 Å². The Kier molecular flexibility index (Phi) is 14.1. The van der Waals surface area contributed by atoms with Crippen molar-refractivity contribution in [3.8, 4) is 0 Å². The molecule has 1 unspecified atom stereocenters. The van der Waals surface area contributed by atoms with Crippen LogP contribution in [0.2, 0.25) is 0 Å². The average molecular weight is 352 g/mol. The van der Waals surface area contributed by atoms with E-state index in [0.29, 0.717) is 5.92 Å². The number of nitrogens with two attached hydrogens (primary N) is 1. The van der Waals surface area contributed by atoms with Crippen molar-refractivity contribution in [2.75, 3.05) is 26.2 Å². The third-order valence-electron chi connectivity index (χ3n) is 5.54. The molecule has 0 saturated heterocycles. The van der Waals surface area contributed by atoms with Gasteiger partial charge in [-0.2, -0.15) is 0 Å². The third-order valence-corrected chi connectivity index (χ3v) is 5.54. The molecule has 0 aliphatic carbocycles. The van der Waals surface area contributed by atoms with Crippen molar-refractivity contribution in [3.63, 3.8) is 0 Å². The van der Waals surface area contributed by atoms with Gasteiger partial charge in [0.2, 0.25) is 0 Å². The van der Waals surface area contributed by atoms with Crippen LogP contribution in [0.1, 0.15) is 104 Å². The van der Waals surface area contributed by atoms with Gasteiger partial charge < -0.3 is 10.6 Å². The summed E-state index contributed by atoms with van der Waals surface area (Å²) < 4.78 is 0. The summed E-state index contributed by atoms with van der Waals surface area (Å²) in [6, 6.07) is 0. The van der Waals surface area contributed by atoms with Crippen LogP contribution < -0.4 is 5.73 Å². The summed E-state index contributed by atoms with van der Waals surface area (Å²) in [5, 5.41) is 0. The van der Waals surface area contributed by atoms with Gasteiger partial charge in [-0.25, -0.2) is 0 Å².